The van der Waals surface area contributed by atoms with Gasteiger partial charge in [-0.1, -0.05) is 30.3 Å². The minimum absolute atomic E-state index is 0.0766. The van der Waals surface area contributed by atoms with Crippen LogP contribution in [0, 0.1) is 5.92 Å². The van der Waals surface area contributed by atoms with Crippen molar-refractivity contribution >= 4 is 5.97 Å². The first-order valence-corrected chi connectivity index (χ1v) is 4.36. The number of aliphatic hydroxyl groups is 1. The molecule has 2 unspecified atom stereocenters. The van der Waals surface area contributed by atoms with E-state index in [4.69, 9.17) is 5.11 Å². The molecule has 0 radical (unpaired) electrons. The molecule has 1 aromatic carbocycles. The molecule has 0 bridgehead atoms. The quantitative estimate of drug-likeness (QED) is 0.840. The number of alkyl halides is 3. The van der Waals surface area contributed by atoms with Gasteiger partial charge in [0.2, 0.25) is 0 Å². The summed E-state index contributed by atoms with van der Waals surface area (Å²) in [6.07, 6.45) is -7.08. The second-order valence-corrected chi connectivity index (χ2v) is 3.21. The average Bonchev–Trinajstić information content (AvgIpc) is 2.16. The normalized spacial score (nSPS) is 15.5. The number of carbonyl (C=O) groups is 1. The number of carboxylic acid groups (broad SMARTS) is 1. The molecule has 0 aliphatic rings. The summed E-state index contributed by atoms with van der Waals surface area (Å²) in [5, 5.41) is 17.8. The molecule has 0 aliphatic carbocycles. The number of benzene rings is 1. The molecular weight excluding hydrogens is 225 g/mol. The maximum Gasteiger partial charge on any atom is 0.405 e. The second-order valence-electron chi connectivity index (χ2n) is 3.21. The van der Waals surface area contributed by atoms with Crippen LogP contribution >= 0.6 is 0 Å². The molecule has 1 aromatic rings. The van der Waals surface area contributed by atoms with E-state index in [1.165, 1.54) is 24.3 Å². The van der Waals surface area contributed by atoms with Gasteiger partial charge in [0.15, 0.2) is 5.92 Å². The SMILES string of the molecule is O=C(O)C(C(O)c1ccccc1)C(F)(F)F. The minimum Gasteiger partial charge on any atom is -0.481 e. The Balaban J connectivity index is 3.02. The Morgan fingerprint density at radius 2 is 1.69 bits per heavy atom. The van der Waals surface area contributed by atoms with Crippen LogP contribution in [0.25, 0.3) is 0 Å². The number of aliphatic carboxylic acids is 1. The Labute approximate surface area is 89.1 Å². The zero-order valence-corrected chi connectivity index (χ0v) is 7.98. The summed E-state index contributed by atoms with van der Waals surface area (Å²) in [7, 11) is 0. The maximum absolute atomic E-state index is 12.4. The fourth-order valence-electron chi connectivity index (χ4n) is 1.30. The minimum atomic E-state index is -4.99. The van der Waals surface area contributed by atoms with Gasteiger partial charge in [-0.2, -0.15) is 13.2 Å². The number of rotatable bonds is 3. The fourth-order valence-corrected chi connectivity index (χ4v) is 1.30. The fraction of sp³-hybridized carbons (Fsp3) is 0.300. The number of aliphatic hydroxyl groups excluding tert-OH is 1. The monoisotopic (exact) mass is 234 g/mol. The predicted octanol–water partition coefficient (Wildman–Crippen LogP) is 1.98. The molecule has 0 fully saturated rings. The molecule has 1 rings (SSSR count). The number of halogens is 3. The summed E-state index contributed by atoms with van der Waals surface area (Å²) in [5.41, 5.74) is -0.0766. The van der Waals surface area contributed by atoms with Crippen LogP contribution in [-0.4, -0.2) is 22.4 Å². The summed E-state index contributed by atoms with van der Waals surface area (Å²) >= 11 is 0. The van der Waals surface area contributed by atoms with E-state index < -0.39 is 24.2 Å². The van der Waals surface area contributed by atoms with Crippen LogP contribution < -0.4 is 0 Å². The highest BCUT2D eigenvalue weighted by Gasteiger charge is 2.50. The third kappa shape index (κ3) is 2.73. The van der Waals surface area contributed by atoms with Crippen LogP contribution in [0.1, 0.15) is 11.7 Å². The van der Waals surface area contributed by atoms with Crippen molar-refractivity contribution in [1.82, 2.24) is 0 Å². The molecule has 0 amide bonds. The molecule has 0 spiro atoms. The summed E-state index contributed by atoms with van der Waals surface area (Å²) in [6, 6.07) is 6.89. The molecule has 0 heterocycles. The van der Waals surface area contributed by atoms with Crippen molar-refractivity contribution in [3.63, 3.8) is 0 Å². The van der Waals surface area contributed by atoms with Gasteiger partial charge in [-0.05, 0) is 5.56 Å². The van der Waals surface area contributed by atoms with E-state index in [2.05, 4.69) is 0 Å². The highest BCUT2D eigenvalue weighted by molar-refractivity contribution is 5.72. The van der Waals surface area contributed by atoms with Crippen molar-refractivity contribution in [3.8, 4) is 0 Å². The molecule has 3 nitrogen and oxygen atoms in total. The van der Waals surface area contributed by atoms with Gasteiger partial charge in [0.25, 0.3) is 0 Å². The van der Waals surface area contributed by atoms with Crippen LogP contribution in [-0.2, 0) is 4.79 Å². The lowest BCUT2D eigenvalue weighted by Gasteiger charge is -2.21. The lowest BCUT2D eigenvalue weighted by Crippen LogP contribution is -2.35. The standard InChI is InChI=1S/C10H9F3O3/c11-10(12,13)7(9(15)16)8(14)6-4-2-1-3-5-6/h1-5,7-8,14H,(H,15,16). The third-order valence-electron chi connectivity index (χ3n) is 2.08. The molecule has 0 aromatic heterocycles. The maximum atomic E-state index is 12.4. The van der Waals surface area contributed by atoms with Gasteiger partial charge in [0, 0.05) is 0 Å². The zero-order valence-electron chi connectivity index (χ0n) is 7.98. The highest BCUT2D eigenvalue weighted by Crippen LogP contribution is 2.36. The molecule has 2 atom stereocenters. The summed E-state index contributed by atoms with van der Waals surface area (Å²) in [5.74, 6) is -4.90. The van der Waals surface area contributed by atoms with Crippen LogP contribution in [0.2, 0.25) is 0 Å². The number of hydrogen-bond acceptors (Lipinski definition) is 2. The predicted molar refractivity (Wildman–Crippen MR) is 48.6 cm³/mol. The van der Waals surface area contributed by atoms with E-state index in [1.54, 1.807) is 6.07 Å². The average molecular weight is 234 g/mol. The molecule has 0 saturated carbocycles. The van der Waals surface area contributed by atoms with Crippen LogP contribution in [0.4, 0.5) is 13.2 Å². The number of carboxylic acids is 1. The van der Waals surface area contributed by atoms with Crippen molar-refractivity contribution in [2.45, 2.75) is 12.3 Å². The van der Waals surface area contributed by atoms with Gasteiger partial charge >= 0.3 is 12.1 Å². The van der Waals surface area contributed by atoms with Crippen molar-refractivity contribution in [1.29, 1.82) is 0 Å². The topological polar surface area (TPSA) is 57.5 Å². The van der Waals surface area contributed by atoms with E-state index in [1.807, 2.05) is 0 Å². The van der Waals surface area contributed by atoms with Crippen molar-refractivity contribution in [3.05, 3.63) is 35.9 Å². The Hall–Kier alpha value is -1.56. The van der Waals surface area contributed by atoms with Gasteiger partial charge < -0.3 is 10.2 Å². The zero-order chi connectivity index (χ0) is 12.3. The van der Waals surface area contributed by atoms with E-state index in [0.717, 1.165) is 0 Å². The lowest BCUT2D eigenvalue weighted by atomic mass is 9.95. The van der Waals surface area contributed by atoms with Crippen LogP contribution in [0.3, 0.4) is 0 Å². The Morgan fingerprint density at radius 1 is 1.19 bits per heavy atom. The second kappa shape index (κ2) is 4.52. The molecule has 2 N–H and O–H groups in total. The summed E-state index contributed by atoms with van der Waals surface area (Å²) in [4.78, 5) is 10.5. The smallest absolute Gasteiger partial charge is 0.405 e. The molecule has 0 saturated heterocycles. The lowest BCUT2D eigenvalue weighted by molar-refractivity contribution is -0.212. The first-order valence-electron chi connectivity index (χ1n) is 4.36. The molecule has 88 valence electrons. The van der Waals surface area contributed by atoms with Crippen molar-refractivity contribution in [2.75, 3.05) is 0 Å². The van der Waals surface area contributed by atoms with Crippen molar-refractivity contribution < 1.29 is 28.2 Å². The number of hydrogen-bond donors (Lipinski definition) is 2. The summed E-state index contributed by atoms with van der Waals surface area (Å²) in [6.45, 7) is 0. The van der Waals surface area contributed by atoms with E-state index in [0.29, 0.717) is 0 Å². The van der Waals surface area contributed by atoms with Gasteiger partial charge in [0.1, 0.15) is 6.10 Å². The first kappa shape index (κ1) is 12.5. The summed E-state index contributed by atoms with van der Waals surface area (Å²) < 4.78 is 37.1. The molecule has 16 heavy (non-hydrogen) atoms. The Bertz CT molecular complexity index is 361. The van der Waals surface area contributed by atoms with E-state index in [-0.39, 0.29) is 5.56 Å². The van der Waals surface area contributed by atoms with Gasteiger partial charge in [-0.15, -0.1) is 0 Å². The molecule has 0 aliphatic heterocycles. The Morgan fingerprint density at radius 3 is 2.06 bits per heavy atom. The molecule has 6 heteroatoms. The van der Waals surface area contributed by atoms with E-state index in [9.17, 15) is 23.1 Å². The van der Waals surface area contributed by atoms with E-state index >= 15 is 0 Å². The van der Waals surface area contributed by atoms with Crippen LogP contribution in [0.5, 0.6) is 0 Å². The third-order valence-corrected chi connectivity index (χ3v) is 2.08. The highest BCUT2D eigenvalue weighted by atomic mass is 19.4. The van der Waals surface area contributed by atoms with Gasteiger partial charge in [-0.25, -0.2) is 0 Å². The Kier molecular flexibility index (Phi) is 3.54. The van der Waals surface area contributed by atoms with Crippen molar-refractivity contribution in [2.24, 2.45) is 5.92 Å². The van der Waals surface area contributed by atoms with Gasteiger partial charge in [-0.3, -0.25) is 4.79 Å². The largest absolute Gasteiger partial charge is 0.481 e. The first-order chi connectivity index (χ1) is 7.34. The van der Waals surface area contributed by atoms with Gasteiger partial charge in [0.05, 0.1) is 0 Å². The van der Waals surface area contributed by atoms with Crippen LogP contribution in [0.15, 0.2) is 30.3 Å². The molecular formula is C10H9F3O3.